The summed E-state index contributed by atoms with van der Waals surface area (Å²) in [5, 5.41) is 2.49. The van der Waals surface area contributed by atoms with Crippen LogP contribution in [0.25, 0.3) is 0 Å². The average Bonchev–Trinajstić information content (AvgIpc) is 2.11. The van der Waals surface area contributed by atoms with Gasteiger partial charge >= 0.3 is 0 Å². The van der Waals surface area contributed by atoms with E-state index in [1.54, 1.807) is 0 Å². The summed E-state index contributed by atoms with van der Waals surface area (Å²) in [6.07, 6.45) is 2.13. The van der Waals surface area contributed by atoms with E-state index >= 15 is 0 Å². The van der Waals surface area contributed by atoms with E-state index in [0.717, 1.165) is 12.8 Å². The maximum Gasteiger partial charge on any atom is 0.247 e. The van der Waals surface area contributed by atoms with Gasteiger partial charge in [-0.1, -0.05) is 19.8 Å². The Morgan fingerprint density at radius 2 is 2.36 bits per heavy atom. The number of unbranched alkanes of at least 4 members (excludes halogenated alkanes) is 1. The molecule has 4 N–H and O–H groups in total. The number of hydrazine groups is 1. The average molecular weight is 161 g/mol. The van der Waals surface area contributed by atoms with Crippen LogP contribution in [0.3, 0.4) is 0 Å². The van der Waals surface area contributed by atoms with Crippen molar-refractivity contribution in [2.24, 2.45) is 5.84 Å². The lowest BCUT2D eigenvalue weighted by Crippen LogP contribution is -2.38. The van der Waals surface area contributed by atoms with Gasteiger partial charge in [-0.15, -0.1) is 0 Å². The van der Waals surface area contributed by atoms with E-state index in [1.807, 2.05) is 12.3 Å². The molecule has 66 valence electrons. The van der Waals surface area contributed by atoms with Gasteiger partial charge in [0, 0.05) is 2.74 Å². The van der Waals surface area contributed by atoms with Crippen LogP contribution in [0.15, 0.2) is 0 Å². The lowest BCUT2D eigenvalue weighted by Gasteiger charge is -2.01. The van der Waals surface area contributed by atoms with Crippen LogP contribution in [0.2, 0.25) is 0 Å². The van der Waals surface area contributed by atoms with Crippen LogP contribution in [0.1, 0.15) is 28.9 Å². The molecular weight excluding hydrogens is 142 g/mol. The van der Waals surface area contributed by atoms with Gasteiger partial charge in [0.15, 0.2) is 0 Å². The fourth-order valence-electron chi connectivity index (χ4n) is 0.547. The van der Waals surface area contributed by atoms with Crippen LogP contribution in [-0.4, -0.2) is 18.9 Å². The molecule has 0 bridgehead atoms. The molecule has 4 heteroatoms. The van der Waals surface area contributed by atoms with E-state index in [1.165, 1.54) is 0 Å². The summed E-state index contributed by atoms with van der Waals surface area (Å²) in [6, 6.07) is 0. The molecule has 0 radical (unpaired) electrons. The zero-order valence-corrected chi connectivity index (χ0v) is 6.81. The topological polar surface area (TPSA) is 67.2 Å². The summed E-state index contributed by atoms with van der Waals surface area (Å²) in [4.78, 5) is 10.7. The van der Waals surface area contributed by atoms with E-state index in [-0.39, 0.29) is 6.54 Å². The third-order valence-corrected chi connectivity index (χ3v) is 1.19. The molecule has 1 amide bonds. The molecule has 0 fully saturated rings. The molecule has 0 spiro atoms. The van der Waals surface area contributed by atoms with Gasteiger partial charge in [-0.05, 0) is 12.9 Å². The fourth-order valence-corrected chi connectivity index (χ4v) is 0.547. The standard InChI is InChI=1S/C7H17N3O/c1-2-3-4-5-9-6-7(11)10-8/h9H,2-6,8H2,1H3,(H,10,11)/i5D2. The molecule has 0 aliphatic rings. The Balaban J connectivity index is 3.67. The predicted molar refractivity (Wildman–Crippen MR) is 44.7 cm³/mol. The molecule has 0 saturated heterocycles. The maximum absolute atomic E-state index is 10.7. The van der Waals surface area contributed by atoms with Crippen molar-refractivity contribution < 1.29 is 7.54 Å². The van der Waals surface area contributed by atoms with Crippen molar-refractivity contribution in [1.29, 1.82) is 0 Å². The van der Waals surface area contributed by atoms with Crippen molar-refractivity contribution >= 4 is 5.91 Å². The molecule has 0 aliphatic carbocycles. The van der Waals surface area contributed by atoms with Gasteiger partial charge in [0.2, 0.25) is 5.91 Å². The van der Waals surface area contributed by atoms with Crippen molar-refractivity contribution in [3.05, 3.63) is 0 Å². The largest absolute Gasteiger partial charge is 0.308 e. The first kappa shape index (κ1) is 7.06. The van der Waals surface area contributed by atoms with Gasteiger partial charge < -0.3 is 5.32 Å². The molecule has 0 saturated carbocycles. The highest BCUT2D eigenvalue weighted by Crippen LogP contribution is 1.90. The summed E-state index contributed by atoms with van der Waals surface area (Å²) >= 11 is 0. The molecule has 0 aromatic heterocycles. The van der Waals surface area contributed by atoms with E-state index in [2.05, 4.69) is 5.32 Å². The third kappa shape index (κ3) is 7.29. The SMILES string of the molecule is [2H]C([2H])(CCCC)NCC(=O)NN. The van der Waals surface area contributed by atoms with Gasteiger partial charge in [-0.2, -0.15) is 0 Å². The van der Waals surface area contributed by atoms with Gasteiger partial charge in [-0.3, -0.25) is 10.2 Å². The van der Waals surface area contributed by atoms with Crippen molar-refractivity contribution in [2.45, 2.75) is 26.2 Å². The smallest absolute Gasteiger partial charge is 0.247 e. The molecular formula is C7H17N3O. The molecule has 0 atom stereocenters. The van der Waals surface area contributed by atoms with Gasteiger partial charge in [0.05, 0.1) is 6.54 Å². The number of nitrogens with one attached hydrogen (secondary N) is 2. The highest BCUT2D eigenvalue weighted by molar-refractivity contribution is 5.77. The van der Waals surface area contributed by atoms with Crippen LogP contribution < -0.4 is 16.6 Å². The first-order valence-electron chi connectivity index (χ1n) is 4.76. The minimum absolute atomic E-state index is 0.0901. The molecule has 0 rings (SSSR count). The highest BCUT2D eigenvalue weighted by atomic mass is 16.2. The van der Waals surface area contributed by atoms with E-state index in [0.29, 0.717) is 6.42 Å². The van der Waals surface area contributed by atoms with Gasteiger partial charge in [0.25, 0.3) is 0 Å². The molecule has 0 heterocycles. The van der Waals surface area contributed by atoms with Gasteiger partial charge in [-0.25, -0.2) is 5.84 Å². The molecule has 0 aromatic carbocycles. The molecule has 4 nitrogen and oxygen atoms in total. The van der Waals surface area contributed by atoms with Crippen molar-refractivity contribution in [3.8, 4) is 0 Å². The number of carbonyl (C=O) groups is 1. The highest BCUT2D eigenvalue weighted by Gasteiger charge is 1.94. The van der Waals surface area contributed by atoms with Crippen molar-refractivity contribution in [3.63, 3.8) is 0 Å². The van der Waals surface area contributed by atoms with Crippen LogP contribution in [0.4, 0.5) is 0 Å². The van der Waals surface area contributed by atoms with Crippen LogP contribution in [-0.2, 0) is 4.79 Å². The third-order valence-electron chi connectivity index (χ3n) is 1.19. The van der Waals surface area contributed by atoms with Crippen molar-refractivity contribution in [2.75, 3.05) is 13.0 Å². The van der Waals surface area contributed by atoms with E-state index in [9.17, 15) is 4.79 Å². The number of nitrogens with two attached hydrogens (primary N) is 1. The number of hydrogen-bond acceptors (Lipinski definition) is 3. The Hall–Kier alpha value is -0.610. The van der Waals surface area contributed by atoms with Crippen LogP contribution >= 0.6 is 0 Å². The normalized spacial score (nSPS) is 13.6. The second-order valence-corrected chi connectivity index (χ2v) is 2.20. The van der Waals surface area contributed by atoms with E-state index in [4.69, 9.17) is 8.58 Å². The minimum Gasteiger partial charge on any atom is -0.308 e. The second kappa shape index (κ2) is 7.50. The molecule has 0 unspecified atom stereocenters. The summed E-state index contributed by atoms with van der Waals surface area (Å²) in [5.74, 6) is 4.42. The summed E-state index contributed by atoms with van der Waals surface area (Å²) in [5.41, 5.74) is 1.93. The van der Waals surface area contributed by atoms with Crippen LogP contribution in [0, 0.1) is 0 Å². The Labute approximate surface area is 70.3 Å². The molecule has 11 heavy (non-hydrogen) atoms. The predicted octanol–water partition coefficient (Wildman–Crippen LogP) is -0.244. The number of amides is 1. The Bertz CT molecular complexity index is 164. The lowest BCUT2D eigenvalue weighted by atomic mass is 10.2. The Morgan fingerprint density at radius 3 is 2.91 bits per heavy atom. The van der Waals surface area contributed by atoms with Crippen LogP contribution in [0.5, 0.6) is 0 Å². The minimum atomic E-state index is -1.48. The first-order chi connectivity index (χ1) is 6.02. The first-order valence-corrected chi connectivity index (χ1v) is 3.76. The summed E-state index contributed by atoms with van der Waals surface area (Å²) in [7, 11) is 0. The quantitative estimate of drug-likeness (QED) is 0.286. The fraction of sp³-hybridized carbons (Fsp3) is 0.857. The summed E-state index contributed by atoms with van der Waals surface area (Å²) in [6.45, 7) is 0.415. The lowest BCUT2D eigenvalue weighted by molar-refractivity contribution is -0.120. The Morgan fingerprint density at radius 1 is 1.64 bits per heavy atom. The maximum atomic E-state index is 10.7. The zero-order chi connectivity index (χ0) is 10.3. The number of rotatable bonds is 6. The van der Waals surface area contributed by atoms with Crippen molar-refractivity contribution in [1.82, 2.24) is 10.7 Å². The van der Waals surface area contributed by atoms with Gasteiger partial charge in [0.1, 0.15) is 0 Å². The second-order valence-electron chi connectivity index (χ2n) is 2.20. The number of carbonyl (C=O) groups excluding carboxylic acids is 1. The zero-order valence-electron chi connectivity index (χ0n) is 8.81. The molecule has 0 aromatic rings. The monoisotopic (exact) mass is 161 g/mol. The Kier molecular flexibility index (Phi) is 4.81. The molecule has 0 aliphatic heterocycles. The number of hydrogen-bond donors (Lipinski definition) is 3. The summed E-state index contributed by atoms with van der Waals surface area (Å²) < 4.78 is 14.9. The van der Waals surface area contributed by atoms with E-state index < -0.39 is 12.4 Å².